The van der Waals surface area contributed by atoms with E-state index in [1.54, 1.807) is 6.07 Å². The molecule has 1 aliphatic heterocycles. The zero-order valence-corrected chi connectivity index (χ0v) is 18.1. The third-order valence-corrected chi connectivity index (χ3v) is 5.57. The van der Waals surface area contributed by atoms with Crippen LogP contribution in [0.15, 0.2) is 36.7 Å². The first-order valence-electron chi connectivity index (χ1n) is 10.3. The number of aromatic amines is 1. The minimum absolute atomic E-state index is 0.00368. The minimum Gasteiger partial charge on any atom is -0.492 e. The molecule has 0 saturated carbocycles. The van der Waals surface area contributed by atoms with Crippen LogP contribution in [0.25, 0.3) is 11.3 Å². The van der Waals surface area contributed by atoms with Crippen LogP contribution in [-0.4, -0.2) is 55.1 Å². The van der Waals surface area contributed by atoms with Gasteiger partial charge in [0.25, 0.3) is 5.91 Å². The molecule has 0 aliphatic carbocycles. The minimum atomic E-state index is -0.549. The molecule has 0 fully saturated rings. The fraction of sp³-hybridized carbons (Fsp3) is 0.304. The lowest BCUT2D eigenvalue weighted by molar-refractivity contribution is 0.0939. The second-order valence-electron chi connectivity index (χ2n) is 7.96. The first kappa shape index (κ1) is 21.8. The topological polar surface area (TPSA) is 82.3 Å². The first-order chi connectivity index (χ1) is 15.4. The third-order valence-electron chi connectivity index (χ3n) is 5.57. The number of methoxy groups -OCH3 is 1. The fourth-order valence-electron chi connectivity index (χ4n) is 3.98. The van der Waals surface area contributed by atoms with Crippen molar-refractivity contribution in [1.82, 2.24) is 20.2 Å². The Kier molecular flexibility index (Phi) is 6.09. The molecule has 168 valence electrons. The summed E-state index contributed by atoms with van der Waals surface area (Å²) >= 11 is 0. The number of fused-ring (bicyclic) bond motifs is 1. The Morgan fingerprint density at radius 1 is 1.25 bits per heavy atom. The van der Waals surface area contributed by atoms with Gasteiger partial charge in [-0.15, -0.1) is 0 Å². The SMILES string of the molecule is COc1c(F)cccc1Nc1c(-c2ccncc2F)[nH]c2c1C(=O)NCC2CCN(C)C. The van der Waals surface area contributed by atoms with Crippen molar-refractivity contribution in [3.05, 3.63) is 59.6 Å². The van der Waals surface area contributed by atoms with E-state index in [-0.39, 0.29) is 23.1 Å². The van der Waals surface area contributed by atoms with Crippen LogP contribution < -0.4 is 15.4 Å². The van der Waals surface area contributed by atoms with Gasteiger partial charge in [0.05, 0.1) is 35.9 Å². The summed E-state index contributed by atoms with van der Waals surface area (Å²) < 4.78 is 34.2. The normalized spacial score (nSPS) is 15.4. The number of carbonyl (C=O) groups excluding carboxylic acids is 1. The van der Waals surface area contributed by atoms with Crippen LogP contribution in [0, 0.1) is 11.6 Å². The zero-order chi connectivity index (χ0) is 22.8. The van der Waals surface area contributed by atoms with Crippen molar-refractivity contribution in [1.29, 1.82) is 0 Å². The van der Waals surface area contributed by atoms with Crippen molar-refractivity contribution in [2.75, 3.05) is 39.6 Å². The number of pyridine rings is 1. The number of carbonyl (C=O) groups is 1. The number of aromatic nitrogens is 2. The number of ether oxygens (including phenoxy) is 1. The standard InChI is InChI=1S/C23H25F2N5O2/c1-30(2)10-8-13-11-27-23(31)18-19(13)29-20(14-7-9-26-12-16(14)25)21(18)28-17-6-4-5-15(24)22(17)32-3/h4-7,9,12-13,28-29H,8,10-11H2,1-3H3,(H,27,31). The summed E-state index contributed by atoms with van der Waals surface area (Å²) in [5.74, 6) is -1.35. The summed E-state index contributed by atoms with van der Waals surface area (Å²) in [6, 6.07) is 5.99. The van der Waals surface area contributed by atoms with Crippen molar-refractivity contribution in [3.8, 4) is 17.0 Å². The van der Waals surface area contributed by atoms with E-state index in [1.807, 2.05) is 14.1 Å². The van der Waals surface area contributed by atoms with E-state index in [2.05, 4.69) is 25.5 Å². The van der Waals surface area contributed by atoms with E-state index in [1.165, 1.54) is 31.5 Å². The number of halogens is 2. The number of hydrogen-bond donors (Lipinski definition) is 3. The maximum absolute atomic E-state index is 14.7. The molecule has 4 rings (SSSR count). The molecule has 3 N–H and O–H groups in total. The summed E-state index contributed by atoms with van der Waals surface area (Å²) in [6.07, 6.45) is 3.39. The quantitative estimate of drug-likeness (QED) is 0.518. The van der Waals surface area contributed by atoms with E-state index in [9.17, 15) is 13.6 Å². The average molecular weight is 441 g/mol. The number of anilines is 2. The highest BCUT2D eigenvalue weighted by atomic mass is 19.1. The maximum atomic E-state index is 14.7. The maximum Gasteiger partial charge on any atom is 0.255 e. The van der Waals surface area contributed by atoms with Gasteiger partial charge in [-0.3, -0.25) is 9.78 Å². The van der Waals surface area contributed by atoms with Gasteiger partial charge in [-0.1, -0.05) is 6.07 Å². The van der Waals surface area contributed by atoms with E-state index >= 15 is 0 Å². The summed E-state index contributed by atoms with van der Waals surface area (Å²) in [7, 11) is 5.33. The molecule has 32 heavy (non-hydrogen) atoms. The van der Waals surface area contributed by atoms with E-state index < -0.39 is 11.6 Å². The van der Waals surface area contributed by atoms with Gasteiger partial charge in [-0.2, -0.15) is 0 Å². The molecule has 1 aliphatic rings. The number of hydrogen-bond acceptors (Lipinski definition) is 5. The lowest BCUT2D eigenvalue weighted by Gasteiger charge is -2.25. The lowest BCUT2D eigenvalue weighted by atomic mass is 9.93. The summed E-state index contributed by atoms with van der Waals surface area (Å²) in [6.45, 7) is 1.29. The van der Waals surface area contributed by atoms with Crippen molar-refractivity contribution >= 4 is 17.3 Å². The molecule has 0 spiro atoms. The van der Waals surface area contributed by atoms with Crippen LogP contribution in [0.4, 0.5) is 20.2 Å². The summed E-state index contributed by atoms with van der Waals surface area (Å²) in [5, 5.41) is 6.06. The molecule has 0 bridgehead atoms. The van der Waals surface area contributed by atoms with Gasteiger partial charge in [-0.05, 0) is 45.3 Å². The number of H-pyrrole nitrogens is 1. The van der Waals surface area contributed by atoms with Gasteiger partial charge in [0, 0.05) is 29.9 Å². The van der Waals surface area contributed by atoms with Crippen LogP contribution in [0.5, 0.6) is 5.75 Å². The van der Waals surface area contributed by atoms with E-state index in [4.69, 9.17) is 4.74 Å². The van der Waals surface area contributed by atoms with Crippen LogP contribution >= 0.6 is 0 Å². The molecule has 1 amide bonds. The van der Waals surface area contributed by atoms with Crippen molar-refractivity contribution < 1.29 is 18.3 Å². The number of nitrogens with zero attached hydrogens (tertiary/aromatic N) is 2. The molecular weight excluding hydrogens is 416 g/mol. The predicted octanol–water partition coefficient (Wildman–Crippen LogP) is 3.89. The highest BCUT2D eigenvalue weighted by Gasteiger charge is 2.33. The fourth-order valence-corrected chi connectivity index (χ4v) is 3.98. The molecule has 9 heteroatoms. The Hall–Kier alpha value is -3.46. The first-order valence-corrected chi connectivity index (χ1v) is 10.3. The third kappa shape index (κ3) is 4.03. The molecule has 0 saturated heterocycles. The average Bonchev–Trinajstić information content (AvgIpc) is 3.13. The van der Waals surface area contributed by atoms with Gasteiger partial charge in [0.2, 0.25) is 0 Å². The molecule has 1 unspecified atom stereocenters. The highest BCUT2D eigenvalue weighted by Crippen LogP contribution is 2.42. The van der Waals surface area contributed by atoms with Gasteiger partial charge in [0.1, 0.15) is 0 Å². The highest BCUT2D eigenvalue weighted by molar-refractivity contribution is 6.06. The number of amides is 1. The number of nitrogens with one attached hydrogen (secondary N) is 3. The second-order valence-corrected chi connectivity index (χ2v) is 7.96. The second kappa shape index (κ2) is 8.96. The molecule has 1 aromatic carbocycles. The van der Waals surface area contributed by atoms with Crippen molar-refractivity contribution in [2.45, 2.75) is 12.3 Å². The monoisotopic (exact) mass is 441 g/mol. The molecule has 3 heterocycles. The Morgan fingerprint density at radius 3 is 2.78 bits per heavy atom. The predicted molar refractivity (Wildman–Crippen MR) is 118 cm³/mol. The van der Waals surface area contributed by atoms with Crippen LogP contribution in [0.1, 0.15) is 28.4 Å². The smallest absolute Gasteiger partial charge is 0.255 e. The van der Waals surface area contributed by atoms with Gasteiger partial charge < -0.3 is 25.3 Å². The Balaban J connectivity index is 1.89. The number of rotatable bonds is 7. The zero-order valence-electron chi connectivity index (χ0n) is 18.1. The lowest BCUT2D eigenvalue weighted by Crippen LogP contribution is -2.36. The largest absolute Gasteiger partial charge is 0.492 e. The Labute approximate surface area is 184 Å². The Bertz CT molecular complexity index is 1150. The summed E-state index contributed by atoms with van der Waals surface area (Å²) in [5.41, 5.74) is 2.45. The van der Waals surface area contributed by atoms with E-state index in [0.717, 1.165) is 24.9 Å². The van der Waals surface area contributed by atoms with Gasteiger partial charge in [0.15, 0.2) is 17.4 Å². The van der Waals surface area contributed by atoms with Crippen molar-refractivity contribution in [2.24, 2.45) is 0 Å². The number of para-hydroxylation sites is 1. The molecule has 0 radical (unpaired) electrons. The van der Waals surface area contributed by atoms with E-state index in [0.29, 0.717) is 29.2 Å². The molecule has 3 aromatic rings. The molecule has 7 nitrogen and oxygen atoms in total. The van der Waals surface area contributed by atoms with Crippen LogP contribution in [-0.2, 0) is 0 Å². The van der Waals surface area contributed by atoms with Crippen molar-refractivity contribution in [3.63, 3.8) is 0 Å². The van der Waals surface area contributed by atoms with Crippen LogP contribution in [0.3, 0.4) is 0 Å². The molecular formula is C23H25F2N5O2. The molecule has 1 atom stereocenters. The Morgan fingerprint density at radius 2 is 2.06 bits per heavy atom. The van der Waals surface area contributed by atoms with Crippen LogP contribution in [0.2, 0.25) is 0 Å². The van der Waals surface area contributed by atoms with Gasteiger partial charge >= 0.3 is 0 Å². The number of benzene rings is 1. The molecule has 2 aromatic heterocycles. The summed E-state index contributed by atoms with van der Waals surface area (Å²) in [4.78, 5) is 22.1. The van der Waals surface area contributed by atoms with Gasteiger partial charge in [-0.25, -0.2) is 8.78 Å².